The summed E-state index contributed by atoms with van der Waals surface area (Å²) >= 11 is 0. The lowest BCUT2D eigenvalue weighted by Gasteiger charge is -2.41. The molecule has 4 rings (SSSR count). The van der Waals surface area contributed by atoms with Gasteiger partial charge in [0.25, 0.3) is 11.8 Å². The molecule has 2 heterocycles. The maximum atomic E-state index is 12.9. The van der Waals surface area contributed by atoms with Crippen LogP contribution < -0.4 is 10.6 Å². The predicted octanol–water partition coefficient (Wildman–Crippen LogP) is 3.21. The van der Waals surface area contributed by atoms with Crippen LogP contribution in [0.3, 0.4) is 0 Å². The van der Waals surface area contributed by atoms with E-state index in [1.165, 1.54) is 12.1 Å². The van der Waals surface area contributed by atoms with Crippen LogP contribution in [0.4, 0.5) is 13.2 Å². The van der Waals surface area contributed by atoms with E-state index in [2.05, 4.69) is 27.4 Å². The van der Waals surface area contributed by atoms with Crippen LogP contribution in [0.25, 0.3) is 0 Å². The predicted molar refractivity (Wildman–Crippen MR) is 145 cm³/mol. The molecular weight excluding hydrogens is 523 g/mol. The number of piperazine rings is 1. The number of likely N-dealkylation sites (tertiary alicyclic amines) is 1. The van der Waals surface area contributed by atoms with Gasteiger partial charge in [-0.3, -0.25) is 24.2 Å². The number of nitrogens with one attached hydrogen (secondary N) is 2. The lowest BCUT2D eigenvalue weighted by Crippen LogP contribution is -2.56. The molecule has 0 aliphatic carbocycles. The summed E-state index contributed by atoms with van der Waals surface area (Å²) in [4.78, 5) is 44.3. The average molecular weight is 560 g/mol. The minimum Gasteiger partial charge on any atom is -0.343 e. The molecule has 40 heavy (non-hydrogen) atoms. The van der Waals surface area contributed by atoms with Gasteiger partial charge in [0.2, 0.25) is 5.91 Å². The second-order valence-corrected chi connectivity index (χ2v) is 10.2. The molecule has 216 valence electrons. The second-order valence-electron chi connectivity index (χ2n) is 10.2. The van der Waals surface area contributed by atoms with Gasteiger partial charge in [0, 0.05) is 56.4 Å². The smallest absolute Gasteiger partial charge is 0.343 e. The number of alkyl halides is 3. The Morgan fingerprint density at radius 3 is 2.33 bits per heavy atom. The molecule has 2 aromatic carbocycles. The molecule has 2 fully saturated rings. The highest BCUT2D eigenvalue weighted by molar-refractivity contribution is 5.96. The summed E-state index contributed by atoms with van der Waals surface area (Å²) in [6.45, 7) is 6.31. The highest BCUT2D eigenvalue weighted by Gasteiger charge is 2.32. The normalized spacial score (nSPS) is 19.3. The van der Waals surface area contributed by atoms with Crippen LogP contribution in [-0.4, -0.2) is 90.4 Å². The molecule has 3 amide bonds. The third-order valence-corrected chi connectivity index (χ3v) is 7.61. The Labute approximate surface area is 232 Å². The molecule has 2 aromatic rings. The number of halogens is 3. The summed E-state index contributed by atoms with van der Waals surface area (Å²) in [6.07, 6.45) is -2.09. The van der Waals surface area contributed by atoms with Gasteiger partial charge in [-0.25, -0.2) is 0 Å². The van der Waals surface area contributed by atoms with E-state index in [4.69, 9.17) is 0 Å². The molecule has 2 atom stereocenters. The van der Waals surface area contributed by atoms with Crippen LogP contribution in [0.15, 0.2) is 54.6 Å². The van der Waals surface area contributed by atoms with Crippen molar-refractivity contribution in [3.05, 3.63) is 71.3 Å². The SMILES string of the molecule is CCC(CN1CCCC1NC(=O)CNC(=O)c1cccc(C(F)(F)F)c1)N1CCN(C(=O)c2ccccc2)CC1. The molecule has 8 nitrogen and oxygen atoms in total. The van der Waals surface area contributed by atoms with Gasteiger partial charge in [-0.15, -0.1) is 0 Å². The lowest BCUT2D eigenvalue weighted by molar-refractivity contribution is -0.137. The van der Waals surface area contributed by atoms with Crippen molar-refractivity contribution in [2.24, 2.45) is 0 Å². The van der Waals surface area contributed by atoms with Crippen LogP contribution in [0, 0.1) is 0 Å². The van der Waals surface area contributed by atoms with Crippen molar-refractivity contribution < 1.29 is 27.6 Å². The quantitative estimate of drug-likeness (QED) is 0.493. The highest BCUT2D eigenvalue weighted by Crippen LogP contribution is 2.29. The molecule has 2 aliphatic heterocycles. The van der Waals surface area contributed by atoms with Gasteiger partial charge in [-0.1, -0.05) is 31.2 Å². The van der Waals surface area contributed by atoms with Gasteiger partial charge in [0.1, 0.15) is 0 Å². The van der Waals surface area contributed by atoms with E-state index in [-0.39, 0.29) is 30.2 Å². The number of rotatable bonds is 9. The van der Waals surface area contributed by atoms with E-state index in [0.29, 0.717) is 18.7 Å². The Hall–Kier alpha value is -3.44. The van der Waals surface area contributed by atoms with E-state index in [9.17, 15) is 27.6 Å². The average Bonchev–Trinajstić information content (AvgIpc) is 3.40. The minimum atomic E-state index is -4.55. The monoisotopic (exact) mass is 559 g/mol. The zero-order valence-corrected chi connectivity index (χ0v) is 22.6. The first-order valence-corrected chi connectivity index (χ1v) is 13.7. The van der Waals surface area contributed by atoms with Gasteiger partial charge in [0.15, 0.2) is 0 Å². The van der Waals surface area contributed by atoms with Crippen LogP contribution in [-0.2, 0) is 11.0 Å². The zero-order chi connectivity index (χ0) is 28.7. The molecule has 2 aliphatic rings. The summed E-state index contributed by atoms with van der Waals surface area (Å²) < 4.78 is 38.8. The van der Waals surface area contributed by atoms with Gasteiger partial charge >= 0.3 is 6.18 Å². The summed E-state index contributed by atoms with van der Waals surface area (Å²) in [5.74, 6) is -1.07. The van der Waals surface area contributed by atoms with E-state index >= 15 is 0 Å². The molecule has 2 N–H and O–H groups in total. The first kappa shape index (κ1) is 29.5. The molecule has 0 saturated carbocycles. The van der Waals surface area contributed by atoms with E-state index in [1.807, 2.05) is 35.2 Å². The molecular formula is C29H36F3N5O3. The van der Waals surface area contributed by atoms with Gasteiger partial charge in [-0.05, 0) is 49.6 Å². The molecule has 2 saturated heterocycles. The van der Waals surface area contributed by atoms with Crippen LogP contribution >= 0.6 is 0 Å². The van der Waals surface area contributed by atoms with Crippen molar-refractivity contribution in [2.75, 3.05) is 45.8 Å². The molecule has 0 radical (unpaired) electrons. The summed E-state index contributed by atoms with van der Waals surface area (Å²) in [5, 5.41) is 5.38. The first-order valence-electron chi connectivity index (χ1n) is 13.7. The molecule has 2 unspecified atom stereocenters. The fourth-order valence-corrected chi connectivity index (χ4v) is 5.37. The number of nitrogens with zero attached hydrogens (tertiary/aromatic N) is 3. The highest BCUT2D eigenvalue weighted by atomic mass is 19.4. The van der Waals surface area contributed by atoms with Crippen molar-refractivity contribution in [1.82, 2.24) is 25.3 Å². The Kier molecular flexibility index (Phi) is 9.80. The zero-order valence-electron chi connectivity index (χ0n) is 22.6. The Bertz CT molecular complexity index is 1170. The van der Waals surface area contributed by atoms with Gasteiger partial charge in [0.05, 0.1) is 18.3 Å². The van der Waals surface area contributed by atoms with Crippen LogP contribution in [0.1, 0.15) is 52.5 Å². The number of hydrogen-bond donors (Lipinski definition) is 2. The number of carbonyl (C=O) groups excluding carboxylic acids is 3. The maximum Gasteiger partial charge on any atom is 0.416 e. The van der Waals surface area contributed by atoms with Crippen LogP contribution in [0.5, 0.6) is 0 Å². The summed E-state index contributed by atoms with van der Waals surface area (Å²) in [6, 6.07) is 13.7. The third-order valence-electron chi connectivity index (χ3n) is 7.61. The first-order chi connectivity index (χ1) is 19.2. The molecule has 0 bridgehead atoms. The maximum absolute atomic E-state index is 12.9. The topological polar surface area (TPSA) is 85.0 Å². The summed E-state index contributed by atoms with van der Waals surface area (Å²) in [7, 11) is 0. The van der Waals surface area contributed by atoms with Crippen molar-refractivity contribution in [2.45, 2.75) is 44.6 Å². The fraction of sp³-hybridized carbons (Fsp3) is 0.483. The Morgan fingerprint density at radius 1 is 0.950 bits per heavy atom. The minimum absolute atomic E-state index is 0.0516. The van der Waals surface area contributed by atoms with Crippen molar-refractivity contribution in [3.63, 3.8) is 0 Å². The van der Waals surface area contributed by atoms with Crippen molar-refractivity contribution >= 4 is 17.7 Å². The van der Waals surface area contributed by atoms with E-state index in [1.54, 1.807) is 0 Å². The fourth-order valence-electron chi connectivity index (χ4n) is 5.37. The van der Waals surface area contributed by atoms with Gasteiger partial charge < -0.3 is 15.5 Å². The second kappa shape index (κ2) is 13.3. The van der Waals surface area contributed by atoms with Crippen LogP contribution in [0.2, 0.25) is 0 Å². The number of benzene rings is 2. The largest absolute Gasteiger partial charge is 0.416 e. The summed E-state index contributed by atoms with van der Waals surface area (Å²) in [5.41, 5.74) is -0.369. The Morgan fingerprint density at radius 2 is 1.65 bits per heavy atom. The molecule has 0 spiro atoms. The third kappa shape index (κ3) is 7.60. The van der Waals surface area contributed by atoms with Crippen molar-refractivity contribution in [3.8, 4) is 0 Å². The van der Waals surface area contributed by atoms with Gasteiger partial charge in [-0.2, -0.15) is 13.2 Å². The number of amides is 3. The number of hydrogen-bond acceptors (Lipinski definition) is 5. The van der Waals surface area contributed by atoms with E-state index in [0.717, 1.165) is 57.6 Å². The standard InChI is InChI=1S/C29H36F3N5O3/c1-2-24(35-14-16-36(17-15-35)28(40)21-8-4-3-5-9-21)20-37-13-7-12-25(37)34-26(38)19-33-27(39)22-10-6-11-23(18-22)29(30,31)32/h3-6,8-11,18,24-25H,2,7,12-17,19-20H2,1H3,(H,33,39)(H,34,38). The molecule has 11 heteroatoms. The molecule has 0 aromatic heterocycles. The number of carbonyl (C=O) groups is 3. The lowest BCUT2D eigenvalue weighted by atomic mass is 10.1. The Balaban J connectivity index is 1.24. The van der Waals surface area contributed by atoms with E-state index < -0.39 is 23.6 Å². The van der Waals surface area contributed by atoms with Crippen molar-refractivity contribution in [1.29, 1.82) is 0 Å².